The molecule has 26 heavy (non-hydrogen) atoms. The lowest BCUT2D eigenvalue weighted by molar-refractivity contribution is 0.412. The summed E-state index contributed by atoms with van der Waals surface area (Å²) in [4.78, 5) is 2.37. The molecule has 5 heteroatoms. The normalized spacial score (nSPS) is 15.5. The van der Waals surface area contributed by atoms with Crippen LogP contribution in [0.4, 0.5) is 5.82 Å². The molecule has 0 bridgehead atoms. The van der Waals surface area contributed by atoms with Gasteiger partial charge in [-0.15, -0.1) is 0 Å². The Hall–Kier alpha value is -2.53. The van der Waals surface area contributed by atoms with Crippen LogP contribution in [0, 0.1) is 6.92 Å². The Morgan fingerprint density at radius 3 is 2.62 bits per heavy atom. The second-order valence-corrected chi connectivity index (χ2v) is 7.10. The fourth-order valence-electron chi connectivity index (χ4n) is 3.65. The molecule has 1 aliphatic rings. The Bertz CT molecular complexity index is 881. The monoisotopic (exact) mass is 350 g/mol. The Kier molecular flexibility index (Phi) is 4.80. The van der Waals surface area contributed by atoms with Gasteiger partial charge in [-0.05, 0) is 54.3 Å². The third-order valence-electron chi connectivity index (χ3n) is 5.22. The minimum atomic E-state index is 0.567. The van der Waals surface area contributed by atoms with Gasteiger partial charge < -0.3 is 15.0 Å². The summed E-state index contributed by atoms with van der Waals surface area (Å²) in [6.45, 7) is 5.07. The third-order valence-corrected chi connectivity index (χ3v) is 5.22. The number of aryl methyl sites for hydroxylation is 1. The quantitative estimate of drug-likeness (QED) is 0.738. The van der Waals surface area contributed by atoms with Crippen LogP contribution in [0.5, 0.6) is 5.75 Å². The van der Waals surface area contributed by atoms with Crippen molar-refractivity contribution in [2.45, 2.75) is 32.4 Å². The van der Waals surface area contributed by atoms with E-state index in [4.69, 9.17) is 4.74 Å². The number of nitrogens with one attached hydrogen (secondary N) is 2. The lowest BCUT2D eigenvalue weighted by atomic mass is 10.0. The summed E-state index contributed by atoms with van der Waals surface area (Å²) in [7, 11) is 1.71. The smallest absolute Gasteiger partial charge is 0.150 e. The molecule has 0 atom stereocenters. The number of nitrogens with zero attached hydrogens (tertiary/aromatic N) is 2. The van der Waals surface area contributed by atoms with E-state index in [2.05, 4.69) is 56.8 Å². The summed E-state index contributed by atoms with van der Waals surface area (Å²) >= 11 is 0. The second-order valence-electron chi connectivity index (χ2n) is 7.10. The van der Waals surface area contributed by atoms with Crippen molar-refractivity contribution in [3.63, 3.8) is 0 Å². The van der Waals surface area contributed by atoms with Gasteiger partial charge in [0.1, 0.15) is 5.75 Å². The lowest BCUT2D eigenvalue weighted by Gasteiger charge is -2.32. The van der Waals surface area contributed by atoms with E-state index in [0.29, 0.717) is 6.04 Å². The molecule has 136 valence electrons. The number of piperidine rings is 1. The Balaban J connectivity index is 1.32. The SMILES string of the molecule is COc1ccc2cc(CNC3CCN(c4cc(C)[nH]n4)CC3)ccc2c1. The Morgan fingerprint density at radius 1 is 1.12 bits per heavy atom. The standard InChI is InChI=1S/C21H26N4O/c1-15-11-21(24-23-15)25-9-7-19(8-10-25)22-14-16-3-4-18-13-20(26-2)6-5-17(18)12-16/h3-6,11-13,19,22H,7-10,14H2,1-2H3,(H,23,24). The van der Waals surface area contributed by atoms with Crippen molar-refractivity contribution in [2.24, 2.45) is 0 Å². The largest absolute Gasteiger partial charge is 0.497 e. The first-order chi connectivity index (χ1) is 12.7. The number of aromatic nitrogens is 2. The van der Waals surface area contributed by atoms with E-state index < -0.39 is 0 Å². The molecule has 0 saturated carbocycles. The first kappa shape index (κ1) is 16.9. The molecule has 0 radical (unpaired) electrons. The molecular weight excluding hydrogens is 324 g/mol. The van der Waals surface area contributed by atoms with Gasteiger partial charge >= 0.3 is 0 Å². The van der Waals surface area contributed by atoms with Gasteiger partial charge in [-0.2, -0.15) is 5.10 Å². The number of anilines is 1. The molecule has 2 N–H and O–H groups in total. The highest BCUT2D eigenvalue weighted by Gasteiger charge is 2.20. The number of fused-ring (bicyclic) bond motifs is 1. The van der Waals surface area contributed by atoms with Crippen molar-refractivity contribution >= 4 is 16.6 Å². The predicted molar refractivity (Wildman–Crippen MR) is 106 cm³/mol. The van der Waals surface area contributed by atoms with Gasteiger partial charge in [-0.1, -0.05) is 18.2 Å². The van der Waals surface area contributed by atoms with Gasteiger partial charge in [-0.3, -0.25) is 5.10 Å². The number of rotatable bonds is 5. The predicted octanol–water partition coefficient (Wildman–Crippen LogP) is 3.64. The zero-order valence-corrected chi connectivity index (χ0v) is 15.5. The van der Waals surface area contributed by atoms with E-state index in [1.54, 1.807) is 7.11 Å². The van der Waals surface area contributed by atoms with E-state index in [1.165, 1.54) is 16.3 Å². The fraction of sp³-hybridized carbons (Fsp3) is 0.381. The van der Waals surface area contributed by atoms with Gasteiger partial charge in [0.25, 0.3) is 0 Å². The minimum Gasteiger partial charge on any atom is -0.497 e. The molecule has 1 saturated heterocycles. The number of ether oxygens (including phenoxy) is 1. The highest BCUT2D eigenvalue weighted by atomic mass is 16.5. The van der Waals surface area contributed by atoms with Crippen molar-refractivity contribution in [3.8, 4) is 5.75 Å². The van der Waals surface area contributed by atoms with Gasteiger partial charge in [0, 0.05) is 37.4 Å². The topological polar surface area (TPSA) is 53.2 Å². The van der Waals surface area contributed by atoms with Gasteiger partial charge in [0.05, 0.1) is 7.11 Å². The molecule has 1 aliphatic heterocycles. The maximum absolute atomic E-state index is 5.30. The second kappa shape index (κ2) is 7.38. The van der Waals surface area contributed by atoms with Crippen molar-refractivity contribution in [1.82, 2.24) is 15.5 Å². The zero-order chi connectivity index (χ0) is 17.9. The Labute approximate surface area is 154 Å². The summed E-state index contributed by atoms with van der Waals surface area (Å²) in [5.41, 5.74) is 2.45. The van der Waals surface area contributed by atoms with Crippen LogP contribution < -0.4 is 15.0 Å². The van der Waals surface area contributed by atoms with Crippen LogP contribution in [0.2, 0.25) is 0 Å². The van der Waals surface area contributed by atoms with Crippen LogP contribution in [-0.4, -0.2) is 36.4 Å². The molecule has 5 nitrogen and oxygen atoms in total. The molecule has 0 aliphatic carbocycles. The molecule has 1 fully saturated rings. The molecular formula is C21H26N4O. The lowest BCUT2D eigenvalue weighted by Crippen LogP contribution is -2.42. The number of hydrogen-bond donors (Lipinski definition) is 2. The Morgan fingerprint density at radius 2 is 1.88 bits per heavy atom. The molecule has 1 aromatic heterocycles. The molecule has 0 unspecified atom stereocenters. The van der Waals surface area contributed by atoms with Crippen LogP contribution in [0.3, 0.4) is 0 Å². The number of benzene rings is 2. The van der Waals surface area contributed by atoms with Gasteiger partial charge in [0.2, 0.25) is 0 Å². The van der Waals surface area contributed by atoms with Crippen LogP contribution in [0.1, 0.15) is 24.1 Å². The van der Waals surface area contributed by atoms with E-state index in [0.717, 1.165) is 49.7 Å². The van der Waals surface area contributed by atoms with Crippen molar-refractivity contribution in [2.75, 3.05) is 25.1 Å². The number of H-pyrrole nitrogens is 1. The molecule has 2 aromatic carbocycles. The third kappa shape index (κ3) is 3.68. The van der Waals surface area contributed by atoms with Crippen LogP contribution in [0.15, 0.2) is 42.5 Å². The summed E-state index contributed by atoms with van der Waals surface area (Å²) in [6, 6.07) is 15.6. The fourth-order valence-corrected chi connectivity index (χ4v) is 3.65. The summed E-state index contributed by atoms with van der Waals surface area (Å²) in [6.07, 6.45) is 2.30. The highest BCUT2D eigenvalue weighted by molar-refractivity contribution is 5.84. The molecule has 0 spiro atoms. The minimum absolute atomic E-state index is 0.567. The zero-order valence-electron chi connectivity index (χ0n) is 15.5. The first-order valence-electron chi connectivity index (χ1n) is 9.28. The molecule has 3 aromatic rings. The highest BCUT2D eigenvalue weighted by Crippen LogP contribution is 2.22. The van der Waals surface area contributed by atoms with Crippen LogP contribution >= 0.6 is 0 Å². The number of hydrogen-bond acceptors (Lipinski definition) is 4. The van der Waals surface area contributed by atoms with E-state index in [1.807, 2.05) is 13.0 Å². The maximum atomic E-state index is 5.30. The number of aromatic amines is 1. The van der Waals surface area contributed by atoms with Crippen molar-refractivity contribution < 1.29 is 4.74 Å². The van der Waals surface area contributed by atoms with Crippen LogP contribution in [-0.2, 0) is 6.54 Å². The number of methoxy groups -OCH3 is 1. The van der Waals surface area contributed by atoms with Crippen molar-refractivity contribution in [1.29, 1.82) is 0 Å². The molecule has 4 rings (SSSR count). The maximum Gasteiger partial charge on any atom is 0.150 e. The van der Waals surface area contributed by atoms with Crippen molar-refractivity contribution in [3.05, 3.63) is 53.7 Å². The molecule has 2 heterocycles. The molecule has 0 amide bonds. The van der Waals surface area contributed by atoms with E-state index in [9.17, 15) is 0 Å². The summed E-state index contributed by atoms with van der Waals surface area (Å²) in [5, 5.41) is 13.6. The van der Waals surface area contributed by atoms with E-state index in [-0.39, 0.29) is 0 Å². The first-order valence-corrected chi connectivity index (χ1v) is 9.28. The van der Waals surface area contributed by atoms with E-state index >= 15 is 0 Å². The average molecular weight is 350 g/mol. The van der Waals surface area contributed by atoms with Gasteiger partial charge in [-0.25, -0.2) is 0 Å². The van der Waals surface area contributed by atoms with Crippen LogP contribution in [0.25, 0.3) is 10.8 Å². The van der Waals surface area contributed by atoms with Gasteiger partial charge in [0.15, 0.2) is 5.82 Å². The summed E-state index contributed by atoms with van der Waals surface area (Å²) in [5.74, 6) is 1.98. The average Bonchev–Trinajstić information content (AvgIpc) is 3.12. The summed E-state index contributed by atoms with van der Waals surface area (Å²) < 4.78 is 5.30.